The fourth-order valence-corrected chi connectivity index (χ4v) is 4.85. The molecule has 2 heterocycles. The molecule has 1 aliphatic carbocycles. The molecule has 2 aromatic heterocycles. The number of aromatic nitrogens is 2. The largest absolute Gasteiger partial charge is 0.323 e. The standard InChI is InChI=1S/C20H18N4O2S/c1-12-6-7-14-16(8-12)27-19-18(14)20(26)24(11-22-19)10-17(25)23-15-5-3-2-4-13(15)9-21/h2-5,11-12H,6-8,10H2,1H3,(H,23,25)/t12-/m1/s1. The van der Waals surface area contributed by atoms with Crippen LogP contribution in [0.25, 0.3) is 10.2 Å². The van der Waals surface area contributed by atoms with Gasteiger partial charge in [0, 0.05) is 4.88 Å². The Hall–Kier alpha value is -2.98. The number of hydrogen-bond acceptors (Lipinski definition) is 5. The van der Waals surface area contributed by atoms with E-state index in [1.807, 2.05) is 6.07 Å². The molecule has 0 radical (unpaired) electrons. The molecular weight excluding hydrogens is 360 g/mol. The summed E-state index contributed by atoms with van der Waals surface area (Å²) in [6.07, 6.45) is 4.38. The number of para-hydroxylation sites is 1. The molecule has 7 heteroatoms. The minimum atomic E-state index is -0.362. The number of amides is 1. The molecule has 0 aliphatic heterocycles. The molecule has 0 fully saturated rings. The Balaban J connectivity index is 1.63. The summed E-state index contributed by atoms with van der Waals surface area (Å²) >= 11 is 1.59. The smallest absolute Gasteiger partial charge is 0.262 e. The third-order valence-corrected chi connectivity index (χ3v) is 6.08. The van der Waals surface area contributed by atoms with Crippen LogP contribution >= 0.6 is 11.3 Å². The molecule has 1 aromatic carbocycles. The molecule has 3 aromatic rings. The second-order valence-corrected chi connectivity index (χ2v) is 8.00. The van der Waals surface area contributed by atoms with Gasteiger partial charge in [0.15, 0.2) is 0 Å². The van der Waals surface area contributed by atoms with Gasteiger partial charge in [-0.25, -0.2) is 4.98 Å². The number of aryl methyl sites for hydroxylation is 1. The molecule has 0 saturated heterocycles. The van der Waals surface area contributed by atoms with Gasteiger partial charge in [0.05, 0.1) is 23.0 Å². The molecule has 136 valence electrons. The molecule has 27 heavy (non-hydrogen) atoms. The van der Waals surface area contributed by atoms with Gasteiger partial charge in [0.1, 0.15) is 17.4 Å². The molecule has 0 bridgehead atoms. The number of carbonyl (C=O) groups excluding carboxylic acids is 1. The highest BCUT2D eigenvalue weighted by Gasteiger charge is 2.23. The highest BCUT2D eigenvalue weighted by molar-refractivity contribution is 7.18. The lowest BCUT2D eigenvalue weighted by atomic mass is 9.89. The van der Waals surface area contributed by atoms with Crippen LogP contribution in [0.15, 0.2) is 35.4 Å². The number of nitrogens with one attached hydrogen (secondary N) is 1. The van der Waals surface area contributed by atoms with Crippen molar-refractivity contribution in [3.8, 4) is 6.07 Å². The van der Waals surface area contributed by atoms with E-state index in [1.54, 1.807) is 35.6 Å². The van der Waals surface area contributed by atoms with Crippen LogP contribution in [0, 0.1) is 17.2 Å². The summed E-state index contributed by atoms with van der Waals surface area (Å²) in [7, 11) is 0. The molecule has 1 aliphatic rings. The van der Waals surface area contributed by atoms with E-state index in [2.05, 4.69) is 17.2 Å². The second kappa shape index (κ2) is 6.97. The van der Waals surface area contributed by atoms with E-state index in [4.69, 9.17) is 5.26 Å². The summed E-state index contributed by atoms with van der Waals surface area (Å²) in [4.78, 5) is 31.8. The van der Waals surface area contributed by atoms with Gasteiger partial charge in [-0.3, -0.25) is 14.2 Å². The number of benzene rings is 1. The predicted molar refractivity (Wildman–Crippen MR) is 105 cm³/mol. The van der Waals surface area contributed by atoms with Crippen molar-refractivity contribution in [2.45, 2.75) is 32.7 Å². The van der Waals surface area contributed by atoms with E-state index in [0.717, 1.165) is 29.7 Å². The van der Waals surface area contributed by atoms with Gasteiger partial charge in [-0.05, 0) is 42.9 Å². The van der Waals surface area contributed by atoms with Crippen molar-refractivity contribution in [3.63, 3.8) is 0 Å². The van der Waals surface area contributed by atoms with E-state index < -0.39 is 0 Å². The van der Waals surface area contributed by atoms with Crippen molar-refractivity contribution in [3.05, 3.63) is 57.0 Å². The number of nitrogens with zero attached hydrogens (tertiary/aromatic N) is 3. The number of nitriles is 1. The average molecular weight is 378 g/mol. The summed E-state index contributed by atoms with van der Waals surface area (Å²) in [5.74, 6) is 0.262. The van der Waals surface area contributed by atoms with E-state index in [9.17, 15) is 9.59 Å². The van der Waals surface area contributed by atoms with Gasteiger partial charge in [-0.2, -0.15) is 5.26 Å². The van der Waals surface area contributed by atoms with Gasteiger partial charge >= 0.3 is 0 Å². The lowest BCUT2D eigenvalue weighted by Crippen LogP contribution is -2.28. The monoisotopic (exact) mass is 378 g/mol. The normalized spacial score (nSPS) is 15.9. The van der Waals surface area contributed by atoms with Crippen LogP contribution in [0.4, 0.5) is 5.69 Å². The summed E-state index contributed by atoms with van der Waals surface area (Å²) < 4.78 is 1.34. The van der Waals surface area contributed by atoms with Crippen molar-refractivity contribution >= 4 is 33.1 Å². The maximum atomic E-state index is 13.0. The molecule has 4 rings (SSSR count). The number of thiophene rings is 1. The Kier molecular flexibility index (Phi) is 4.50. The number of anilines is 1. The van der Waals surface area contributed by atoms with Crippen molar-refractivity contribution in [2.75, 3.05) is 5.32 Å². The topological polar surface area (TPSA) is 87.8 Å². The molecule has 6 nitrogen and oxygen atoms in total. The lowest BCUT2D eigenvalue weighted by molar-refractivity contribution is -0.116. The summed E-state index contributed by atoms with van der Waals surface area (Å²) in [6.45, 7) is 2.09. The Labute approximate surface area is 160 Å². The average Bonchev–Trinajstić information content (AvgIpc) is 3.02. The SMILES string of the molecule is C[C@@H]1CCc2c(sc3ncn(CC(=O)Nc4ccccc4C#N)c(=O)c23)C1. The van der Waals surface area contributed by atoms with Gasteiger partial charge < -0.3 is 5.32 Å². The Morgan fingerprint density at radius 3 is 3.07 bits per heavy atom. The predicted octanol–water partition coefficient (Wildman–Crippen LogP) is 3.09. The lowest BCUT2D eigenvalue weighted by Gasteiger charge is -2.17. The van der Waals surface area contributed by atoms with E-state index in [-0.39, 0.29) is 18.0 Å². The minimum Gasteiger partial charge on any atom is -0.323 e. The zero-order chi connectivity index (χ0) is 19.0. The van der Waals surface area contributed by atoms with Crippen LogP contribution in [-0.2, 0) is 24.2 Å². The van der Waals surface area contributed by atoms with E-state index >= 15 is 0 Å². The van der Waals surface area contributed by atoms with Crippen LogP contribution in [-0.4, -0.2) is 15.5 Å². The Morgan fingerprint density at radius 2 is 2.26 bits per heavy atom. The fraction of sp³-hybridized carbons (Fsp3) is 0.300. The Bertz CT molecular complexity index is 1140. The zero-order valence-electron chi connectivity index (χ0n) is 14.9. The van der Waals surface area contributed by atoms with Crippen LogP contribution < -0.4 is 10.9 Å². The first-order chi connectivity index (χ1) is 13.1. The fourth-order valence-electron chi connectivity index (χ4n) is 3.51. The number of fused-ring (bicyclic) bond motifs is 3. The summed E-state index contributed by atoms with van der Waals surface area (Å²) in [5.41, 5.74) is 1.76. The first-order valence-corrected chi connectivity index (χ1v) is 9.67. The quantitative estimate of drug-likeness (QED) is 0.759. The minimum absolute atomic E-state index is 0.136. The van der Waals surface area contributed by atoms with E-state index in [0.29, 0.717) is 22.6 Å². The van der Waals surface area contributed by atoms with Crippen LogP contribution in [0.5, 0.6) is 0 Å². The highest BCUT2D eigenvalue weighted by Crippen LogP contribution is 2.35. The third-order valence-electron chi connectivity index (χ3n) is 4.92. The molecule has 1 atom stereocenters. The molecule has 0 spiro atoms. The highest BCUT2D eigenvalue weighted by atomic mass is 32.1. The van der Waals surface area contributed by atoms with Gasteiger partial charge in [-0.15, -0.1) is 11.3 Å². The van der Waals surface area contributed by atoms with Crippen molar-refractivity contribution < 1.29 is 4.79 Å². The van der Waals surface area contributed by atoms with Crippen molar-refractivity contribution in [2.24, 2.45) is 5.92 Å². The maximum Gasteiger partial charge on any atom is 0.262 e. The molecular formula is C20H18N4O2S. The molecule has 0 saturated carbocycles. The Morgan fingerprint density at radius 1 is 1.44 bits per heavy atom. The van der Waals surface area contributed by atoms with Crippen LogP contribution in [0.1, 0.15) is 29.3 Å². The second-order valence-electron chi connectivity index (χ2n) is 6.92. The molecule has 0 unspecified atom stereocenters. The summed E-state index contributed by atoms with van der Waals surface area (Å²) in [5, 5.41) is 12.5. The van der Waals surface area contributed by atoms with Crippen LogP contribution in [0.2, 0.25) is 0 Å². The first kappa shape index (κ1) is 17.4. The maximum absolute atomic E-state index is 13.0. The zero-order valence-corrected chi connectivity index (χ0v) is 15.7. The van der Waals surface area contributed by atoms with Crippen molar-refractivity contribution in [1.29, 1.82) is 5.26 Å². The number of rotatable bonds is 3. The van der Waals surface area contributed by atoms with Crippen LogP contribution in [0.3, 0.4) is 0 Å². The van der Waals surface area contributed by atoms with Gasteiger partial charge in [-0.1, -0.05) is 19.1 Å². The van der Waals surface area contributed by atoms with E-state index in [1.165, 1.54) is 15.8 Å². The molecule has 1 amide bonds. The first-order valence-electron chi connectivity index (χ1n) is 8.85. The van der Waals surface area contributed by atoms with Gasteiger partial charge in [0.25, 0.3) is 5.56 Å². The molecule has 1 N–H and O–H groups in total. The summed E-state index contributed by atoms with van der Waals surface area (Å²) in [6, 6.07) is 8.82. The van der Waals surface area contributed by atoms with Gasteiger partial charge in [0.2, 0.25) is 5.91 Å². The number of carbonyl (C=O) groups is 1. The third kappa shape index (κ3) is 3.24. The van der Waals surface area contributed by atoms with Crippen molar-refractivity contribution in [1.82, 2.24) is 9.55 Å². The number of hydrogen-bond donors (Lipinski definition) is 1.